The fourth-order valence-electron chi connectivity index (χ4n) is 4.10. The summed E-state index contributed by atoms with van der Waals surface area (Å²) in [5.74, 6) is 0.404. The Labute approximate surface area is 165 Å². The van der Waals surface area contributed by atoms with Gasteiger partial charge in [0.15, 0.2) is 0 Å². The van der Waals surface area contributed by atoms with Crippen LogP contribution in [-0.4, -0.2) is 49.4 Å². The van der Waals surface area contributed by atoms with Crippen LogP contribution in [0.1, 0.15) is 34.7 Å². The number of likely N-dealkylation sites (N-methyl/N-ethyl adjacent to an activating group) is 1. The maximum Gasteiger partial charge on any atom is 0.252 e. The van der Waals surface area contributed by atoms with E-state index < -0.39 is 0 Å². The average Bonchev–Trinajstić information content (AvgIpc) is 2.66. The highest BCUT2D eigenvalue weighted by Crippen LogP contribution is 2.36. The standard InChI is InChI=1S/C22H27N3O3/c1-24-9-10-28-20(14-24)15-25-13-17(7-8-21(25)26)22(27)23-19-11-18(12-19)16-5-3-2-4-6-16/h2-8,13,18-20H,9-12,14-15H2,1H3,(H,23,27)/p+1/t18?,19?,20-/m0/s1. The van der Waals surface area contributed by atoms with Crippen molar-refractivity contribution in [2.75, 3.05) is 26.7 Å². The Balaban J connectivity index is 1.35. The zero-order valence-electron chi connectivity index (χ0n) is 16.3. The van der Waals surface area contributed by atoms with Crippen LogP contribution in [0.5, 0.6) is 0 Å². The van der Waals surface area contributed by atoms with Crippen LogP contribution >= 0.6 is 0 Å². The first-order chi connectivity index (χ1) is 13.6. The number of pyridine rings is 1. The van der Waals surface area contributed by atoms with Crippen molar-refractivity contribution in [1.29, 1.82) is 0 Å². The molecule has 1 amide bonds. The summed E-state index contributed by atoms with van der Waals surface area (Å²) in [6.45, 7) is 3.04. The van der Waals surface area contributed by atoms with Gasteiger partial charge in [-0.3, -0.25) is 9.59 Å². The molecule has 1 aromatic heterocycles. The Morgan fingerprint density at radius 3 is 2.75 bits per heavy atom. The summed E-state index contributed by atoms with van der Waals surface area (Å²) in [5.41, 5.74) is 1.76. The molecule has 0 bridgehead atoms. The fraction of sp³-hybridized carbons (Fsp3) is 0.455. The molecule has 1 saturated carbocycles. The van der Waals surface area contributed by atoms with Crippen molar-refractivity contribution in [1.82, 2.24) is 9.88 Å². The second-order valence-corrected chi connectivity index (χ2v) is 8.06. The summed E-state index contributed by atoms with van der Waals surface area (Å²) < 4.78 is 7.37. The van der Waals surface area contributed by atoms with Gasteiger partial charge in [-0.05, 0) is 30.4 Å². The molecule has 1 unspecified atom stereocenters. The van der Waals surface area contributed by atoms with E-state index in [1.54, 1.807) is 16.8 Å². The summed E-state index contributed by atoms with van der Waals surface area (Å²) in [6, 6.07) is 13.7. The predicted octanol–water partition coefficient (Wildman–Crippen LogP) is 0.438. The summed E-state index contributed by atoms with van der Waals surface area (Å²) in [7, 11) is 2.13. The van der Waals surface area contributed by atoms with Crippen molar-refractivity contribution in [3.63, 3.8) is 0 Å². The van der Waals surface area contributed by atoms with Gasteiger partial charge in [-0.1, -0.05) is 30.3 Å². The van der Waals surface area contributed by atoms with E-state index >= 15 is 0 Å². The minimum absolute atomic E-state index is 0.00280. The topological polar surface area (TPSA) is 64.8 Å². The number of ether oxygens (including phenoxy) is 1. The molecule has 148 valence electrons. The molecule has 4 rings (SSSR count). The zero-order valence-corrected chi connectivity index (χ0v) is 16.3. The van der Waals surface area contributed by atoms with Crippen molar-refractivity contribution in [3.8, 4) is 0 Å². The number of hydrogen-bond acceptors (Lipinski definition) is 3. The SMILES string of the molecule is C[NH+]1CCO[C@H](Cn2cc(C(=O)NC3CC(c4ccccc4)C3)ccc2=O)C1. The van der Waals surface area contributed by atoms with E-state index in [0.717, 1.165) is 25.9 Å². The molecule has 0 spiro atoms. The molecule has 2 N–H and O–H groups in total. The minimum Gasteiger partial charge on any atom is -0.365 e. The van der Waals surface area contributed by atoms with Gasteiger partial charge in [0, 0.05) is 18.3 Å². The third-order valence-electron chi connectivity index (χ3n) is 5.85. The van der Waals surface area contributed by atoms with Crippen LogP contribution in [0.15, 0.2) is 53.5 Å². The first-order valence-corrected chi connectivity index (χ1v) is 10.1. The van der Waals surface area contributed by atoms with Crippen LogP contribution in [0.3, 0.4) is 0 Å². The van der Waals surface area contributed by atoms with Crippen LogP contribution in [0.4, 0.5) is 0 Å². The van der Waals surface area contributed by atoms with Gasteiger partial charge < -0.3 is 19.5 Å². The number of amides is 1. The molecule has 1 aromatic carbocycles. The molecule has 28 heavy (non-hydrogen) atoms. The monoisotopic (exact) mass is 382 g/mol. The lowest BCUT2D eigenvalue weighted by molar-refractivity contribution is -0.892. The third kappa shape index (κ3) is 4.34. The van der Waals surface area contributed by atoms with E-state index in [-0.39, 0.29) is 23.6 Å². The van der Waals surface area contributed by atoms with Crippen molar-refractivity contribution < 1.29 is 14.4 Å². The van der Waals surface area contributed by atoms with E-state index in [9.17, 15) is 9.59 Å². The Morgan fingerprint density at radius 1 is 1.21 bits per heavy atom. The second kappa shape index (κ2) is 8.29. The number of hydrogen-bond donors (Lipinski definition) is 2. The maximum atomic E-state index is 12.6. The summed E-state index contributed by atoms with van der Waals surface area (Å²) in [4.78, 5) is 26.2. The first kappa shape index (κ1) is 18.9. The number of benzene rings is 1. The van der Waals surface area contributed by atoms with Crippen molar-refractivity contribution in [2.24, 2.45) is 0 Å². The second-order valence-electron chi connectivity index (χ2n) is 8.06. The molecule has 6 heteroatoms. The Morgan fingerprint density at radius 2 is 2.00 bits per heavy atom. The van der Waals surface area contributed by atoms with E-state index in [1.807, 2.05) is 6.07 Å². The van der Waals surface area contributed by atoms with Gasteiger partial charge >= 0.3 is 0 Å². The smallest absolute Gasteiger partial charge is 0.252 e. The largest absolute Gasteiger partial charge is 0.365 e. The van der Waals surface area contributed by atoms with Crippen LogP contribution in [0.25, 0.3) is 0 Å². The number of rotatable bonds is 5. The quantitative estimate of drug-likeness (QED) is 0.789. The molecule has 1 aliphatic carbocycles. The minimum atomic E-state index is -0.113. The Kier molecular flexibility index (Phi) is 5.59. The fourth-order valence-corrected chi connectivity index (χ4v) is 4.10. The highest BCUT2D eigenvalue weighted by molar-refractivity contribution is 5.94. The van der Waals surface area contributed by atoms with Crippen LogP contribution in [0.2, 0.25) is 0 Å². The molecule has 1 aliphatic heterocycles. The summed E-state index contributed by atoms with van der Waals surface area (Å²) >= 11 is 0. The van der Waals surface area contributed by atoms with E-state index in [0.29, 0.717) is 24.6 Å². The van der Waals surface area contributed by atoms with Crippen molar-refractivity contribution in [2.45, 2.75) is 37.5 Å². The van der Waals surface area contributed by atoms with Gasteiger partial charge in [-0.2, -0.15) is 0 Å². The van der Waals surface area contributed by atoms with Gasteiger partial charge in [-0.15, -0.1) is 0 Å². The third-order valence-corrected chi connectivity index (χ3v) is 5.85. The number of nitrogens with zero attached hydrogens (tertiary/aromatic N) is 1. The Bertz CT molecular complexity index is 874. The van der Waals surface area contributed by atoms with Gasteiger partial charge in [-0.25, -0.2) is 0 Å². The van der Waals surface area contributed by atoms with Crippen molar-refractivity contribution in [3.05, 3.63) is 70.1 Å². The number of carbonyl (C=O) groups is 1. The lowest BCUT2D eigenvalue weighted by atomic mass is 9.76. The van der Waals surface area contributed by atoms with Gasteiger partial charge in [0.2, 0.25) is 0 Å². The van der Waals surface area contributed by atoms with Crippen molar-refractivity contribution >= 4 is 5.91 Å². The molecule has 1 saturated heterocycles. The van der Waals surface area contributed by atoms with E-state index in [4.69, 9.17) is 4.74 Å². The highest BCUT2D eigenvalue weighted by Gasteiger charge is 2.31. The van der Waals surface area contributed by atoms with E-state index in [2.05, 4.69) is 36.6 Å². The molecule has 6 nitrogen and oxygen atoms in total. The number of carbonyl (C=O) groups excluding carboxylic acids is 1. The van der Waals surface area contributed by atoms with Crippen LogP contribution in [-0.2, 0) is 11.3 Å². The molecule has 2 atom stereocenters. The molecular weight excluding hydrogens is 354 g/mol. The number of morpholine rings is 1. The lowest BCUT2D eigenvalue weighted by Gasteiger charge is -2.36. The number of quaternary nitrogens is 1. The normalized spacial score (nSPS) is 27.0. The molecule has 2 heterocycles. The Hall–Kier alpha value is -2.44. The summed E-state index contributed by atoms with van der Waals surface area (Å²) in [5, 5.41) is 3.10. The van der Waals surface area contributed by atoms with E-state index in [1.165, 1.54) is 16.5 Å². The number of nitrogens with one attached hydrogen (secondary N) is 2. The zero-order chi connectivity index (χ0) is 19.5. The predicted molar refractivity (Wildman–Crippen MR) is 107 cm³/mol. The van der Waals surface area contributed by atoms with Gasteiger partial charge in [0.1, 0.15) is 19.2 Å². The molecule has 2 aromatic rings. The molecule has 2 fully saturated rings. The first-order valence-electron chi connectivity index (χ1n) is 10.1. The highest BCUT2D eigenvalue weighted by atomic mass is 16.5. The van der Waals surface area contributed by atoms with Crippen LogP contribution < -0.4 is 15.8 Å². The van der Waals surface area contributed by atoms with Gasteiger partial charge in [0.05, 0.1) is 25.8 Å². The number of aromatic nitrogens is 1. The molecule has 0 radical (unpaired) electrons. The molecule has 2 aliphatic rings. The summed E-state index contributed by atoms with van der Waals surface area (Å²) in [6.07, 6.45) is 3.59. The van der Waals surface area contributed by atoms with Gasteiger partial charge in [0.25, 0.3) is 11.5 Å². The molecular formula is C22H28N3O3+. The maximum absolute atomic E-state index is 12.6. The average molecular weight is 382 g/mol. The van der Waals surface area contributed by atoms with Crippen LogP contribution in [0, 0.1) is 0 Å². The lowest BCUT2D eigenvalue weighted by Crippen LogP contribution is -3.12.